The summed E-state index contributed by atoms with van der Waals surface area (Å²) in [7, 11) is -3.50. The summed E-state index contributed by atoms with van der Waals surface area (Å²) in [6.45, 7) is 7.11. The van der Waals surface area contributed by atoms with Crippen LogP contribution in [-0.4, -0.2) is 58.3 Å². The Morgan fingerprint density at radius 3 is 2.35 bits per heavy atom. The van der Waals surface area contributed by atoms with Crippen molar-refractivity contribution in [1.29, 1.82) is 0 Å². The average Bonchev–Trinajstić information content (AvgIpc) is 3.26. The minimum Gasteiger partial charge on any atom is -0.293 e. The summed E-state index contributed by atoms with van der Waals surface area (Å²) in [5.41, 5.74) is 7.66. The molecule has 37 heavy (non-hydrogen) atoms. The Hall–Kier alpha value is -3.07. The van der Waals surface area contributed by atoms with E-state index in [1.54, 1.807) is 16.6 Å². The van der Waals surface area contributed by atoms with Crippen molar-refractivity contribution in [2.75, 3.05) is 26.2 Å². The van der Waals surface area contributed by atoms with Crippen LogP contribution < -0.4 is 0 Å². The lowest BCUT2D eigenvalue weighted by molar-refractivity contribution is 0.177. The molecule has 0 amide bonds. The summed E-state index contributed by atoms with van der Waals surface area (Å²) in [4.78, 5) is 12.3. The fourth-order valence-corrected chi connectivity index (χ4v) is 7.24. The van der Waals surface area contributed by atoms with E-state index >= 15 is 0 Å². The molecule has 0 atom stereocenters. The monoisotopic (exact) mass is 515 g/mol. The largest absolute Gasteiger partial charge is 0.293 e. The molecule has 6 rings (SSSR count). The molecule has 4 aromatic rings. The Morgan fingerprint density at radius 1 is 0.865 bits per heavy atom. The lowest BCUT2D eigenvalue weighted by Gasteiger charge is -2.34. The van der Waals surface area contributed by atoms with E-state index in [-0.39, 0.29) is 0 Å². The molecule has 0 bridgehead atoms. The highest BCUT2D eigenvalue weighted by atomic mass is 32.2. The fourth-order valence-electron chi connectivity index (χ4n) is 5.76. The number of fused-ring (bicyclic) bond motifs is 2. The summed E-state index contributed by atoms with van der Waals surface area (Å²) < 4.78 is 30.7. The van der Waals surface area contributed by atoms with Crippen LogP contribution in [0.3, 0.4) is 0 Å². The molecule has 0 radical (unpaired) electrons. The van der Waals surface area contributed by atoms with E-state index in [1.807, 2.05) is 24.3 Å². The third kappa shape index (κ3) is 4.69. The molecule has 1 aliphatic carbocycles. The molecule has 0 saturated carbocycles. The highest BCUT2D eigenvalue weighted by molar-refractivity contribution is 7.89. The van der Waals surface area contributed by atoms with Crippen molar-refractivity contribution in [2.24, 2.45) is 0 Å². The van der Waals surface area contributed by atoms with Gasteiger partial charge in [0.05, 0.1) is 11.4 Å². The molecule has 1 aliphatic heterocycles. The number of pyridine rings is 1. The van der Waals surface area contributed by atoms with Crippen LogP contribution in [0.25, 0.3) is 16.9 Å². The Bertz CT molecular complexity index is 1550. The minimum absolute atomic E-state index is 0.435. The molecule has 2 aliphatic rings. The number of rotatable bonds is 5. The first-order chi connectivity index (χ1) is 17.9. The first-order valence-corrected chi connectivity index (χ1v) is 14.6. The number of imidazole rings is 1. The lowest BCUT2D eigenvalue weighted by atomic mass is 9.92. The van der Waals surface area contributed by atoms with E-state index in [1.165, 1.54) is 28.7 Å². The highest BCUT2D eigenvalue weighted by Crippen LogP contribution is 2.27. The Morgan fingerprint density at radius 2 is 1.59 bits per heavy atom. The van der Waals surface area contributed by atoms with Gasteiger partial charge in [-0.2, -0.15) is 4.31 Å². The maximum Gasteiger partial charge on any atom is 0.243 e. The van der Waals surface area contributed by atoms with Gasteiger partial charge < -0.3 is 0 Å². The van der Waals surface area contributed by atoms with Crippen LogP contribution in [0.1, 0.15) is 40.9 Å². The van der Waals surface area contributed by atoms with Crippen LogP contribution in [0, 0.1) is 13.8 Å². The maximum atomic E-state index is 13.4. The number of piperazine rings is 1. The van der Waals surface area contributed by atoms with Crippen molar-refractivity contribution >= 4 is 21.2 Å². The van der Waals surface area contributed by atoms with Crippen molar-refractivity contribution < 1.29 is 8.42 Å². The first kappa shape index (κ1) is 24.3. The molecule has 3 heterocycles. The van der Waals surface area contributed by atoms with Gasteiger partial charge in [0, 0.05) is 38.1 Å². The third-order valence-corrected chi connectivity index (χ3v) is 9.50. The van der Waals surface area contributed by atoms with Crippen molar-refractivity contribution in [3.8, 4) is 5.69 Å². The van der Waals surface area contributed by atoms with Crippen molar-refractivity contribution in [3.05, 3.63) is 82.8 Å². The Balaban J connectivity index is 1.22. The molecule has 8 heteroatoms. The number of hydrogen-bond donors (Lipinski definition) is 0. The quantitative estimate of drug-likeness (QED) is 0.393. The molecular formula is C29H33N5O2S. The van der Waals surface area contributed by atoms with Gasteiger partial charge in [-0.3, -0.25) is 9.47 Å². The van der Waals surface area contributed by atoms with E-state index in [0.29, 0.717) is 37.6 Å². The topological polar surface area (TPSA) is 71.3 Å². The molecule has 0 spiro atoms. The van der Waals surface area contributed by atoms with E-state index < -0.39 is 10.0 Å². The zero-order valence-corrected chi connectivity index (χ0v) is 22.3. The molecule has 0 unspecified atom stereocenters. The molecule has 2 aromatic carbocycles. The number of aromatic nitrogens is 3. The van der Waals surface area contributed by atoms with Crippen LogP contribution in [0.2, 0.25) is 0 Å². The van der Waals surface area contributed by atoms with Gasteiger partial charge in [0.1, 0.15) is 11.3 Å². The van der Waals surface area contributed by atoms with Crippen LogP contribution in [0.4, 0.5) is 0 Å². The Labute approximate surface area is 218 Å². The van der Waals surface area contributed by atoms with Gasteiger partial charge in [-0.05, 0) is 98.2 Å². The van der Waals surface area contributed by atoms with Crippen molar-refractivity contribution in [2.45, 2.75) is 51.0 Å². The SMILES string of the molecule is Cc1cc(C)cc(-n2c(CN3CCN(S(=O)(=O)c4ccc5c(c4)CCCC5)CC3)nc3cccnc32)c1. The second kappa shape index (κ2) is 9.67. The molecule has 7 nitrogen and oxygen atoms in total. The smallest absolute Gasteiger partial charge is 0.243 e. The lowest BCUT2D eigenvalue weighted by Crippen LogP contribution is -2.48. The average molecular weight is 516 g/mol. The zero-order valence-electron chi connectivity index (χ0n) is 21.5. The Kier molecular flexibility index (Phi) is 6.34. The number of nitrogens with zero attached hydrogens (tertiary/aromatic N) is 5. The van der Waals surface area contributed by atoms with Gasteiger partial charge in [-0.25, -0.2) is 18.4 Å². The van der Waals surface area contributed by atoms with Gasteiger partial charge in [-0.1, -0.05) is 12.1 Å². The number of aryl methyl sites for hydroxylation is 4. The standard InChI is InChI=1S/C29H33N5O2S/c1-21-16-22(2)18-25(17-21)34-28(31-27-8-5-11-30-29(27)34)20-32-12-14-33(15-13-32)37(35,36)26-10-9-23-6-3-4-7-24(23)19-26/h5,8-11,16-19H,3-4,6-7,12-15,20H2,1-2H3. The summed E-state index contributed by atoms with van der Waals surface area (Å²) in [5, 5.41) is 0. The zero-order chi connectivity index (χ0) is 25.6. The van der Waals surface area contributed by atoms with Gasteiger partial charge in [0.2, 0.25) is 10.0 Å². The molecular weight excluding hydrogens is 482 g/mol. The van der Waals surface area contributed by atoms with E-state index in [2.05, 4.69) is 46.5 Å². The molecule has 2 aromatic heterocycles. The predicted octanol–water partition coefficient (Wildman–Crippen LogP) is 4.42. The predicted molar refractivity (Wildman–Crippen MR) is 145 cm³/mol. The summed E-state index contributed by atoms with van der Waals surface area (Å²) in [5.74, 6) is 0.921. The van der Waals surface area contributed by atoms with Crippen LogP contribution in [0.15, 0.2) is 59.6 Å². The summed E-state index contributed by atoms with van der Waals surface area (Å²) in [6, 6.07) is 16.1. The van der Waals surface area contributed by atoms with E-state index in [4.69, 9.17) is 4.98 Å². The fraction of sp³-hybridized carbons (Fsp3) is 0.379. The van der Waals surface area contributed by atoms with Crippen LogP contribution >= 0.6 is 0 Å². The third-order valence-electron chi connectivity index (χ3n) is 7.60. The number of sulfonamides is 1. The van der Waals surface area contributed by atoms with Crippen LogP contribution in [-0.2, 0) is 29.4 Å². The van der Waals surface area contributed by atoms with Crippen molar-refractivity contribution in [1.82, 2.24) is 23.7 Å². The number of benzene rings is 2. The van der Waals surface area contributed by atoms with Gasteiger partial charge in [0.15, 0.2) is 5.65 Å². The molecule has 1 fully saturated rings. The summed E-state index contributed by atoms with van der Waals surface area (Å²) in [6.07, 6.45) is 6.16. The number of hydrogen-bond acceptors (Lipinski definition) is 5. The second-order valence-corrected chi connectivity index (χ2v) is 12.3. The molecule has 0 N–H and O–H groups in total. The van der Waals surface area contributed by atoms with Gasteiger partial charge in [0.25, 0.3) is 0 Å². The minimum atomic E-state index is -3.50. The normalized spacial score (nSPS) is 17.2. The molecule has 1 saturated heterocycles. The highest BCUT2D eigenvalue weighted by Gasteiger charge is 2.30. The summed E-state index contributed by atoms with van der Waals surface area (Å²) >= 11 is 0. The van der Waals surface area contributed by atoms with Gasteiger partial charge in [-0.15, -0.1) is 0 Å². The van der Waals surface area contributed by atoms with E-state index in [9.17, 15) is 8.42 Å². The van der Waals surface area contributed by atoms with E-state index in [0.717, 1.165) is 41.9 Å². The maximum absolute atomic E-state index is 13.4. The second-order valence-electron chi connectivity index (χ2n) is 10.4. The van der Waals surface area contributed by atoms with Crippen molar-refractivity contribution in [3.63, 3.8) is 0 Å². The molecule has 192 valence electrons. The van der Waals surface area contributed by atoms with Crippen LogP contribution in [0.5, 0.6) is 0 Å². The first-order valence-electron chi connectivity index (χ1n) is 13.1. The van der Waals surface area contributed by atoms with Gasteiger partial charge >= 0.3 is 0 Å².